The van der Waals surface area contributed by atoms with Crippen LogP contribution >= 0.6 is 0 Å². The molecule has 0 saturated heterocycles. The molecule has 3 heteroatoms. The van der Waals surface area contributed by atoms with Crippen molar-refractivity contribution in [1.82, 2.24) is 5.32 Å². The maximum Gasteiger partial charge on any atom is 0.118 e. The van der Waals surface area contributed by atoms with Gasteiger partial charge in [0.1, 0.15) is 5.75 Å². The Bertz CT molecular complexity index is 842. The number of rotatable bonds is 8. The maximum atomic E-state index is 5.21. The average molecular weight is 348 g/mol. The molecule has 3 aromatic carbocycles. The van der Waals surface area contributed by atoms with Crippen LogP contribution in [-0.4, -0.2) is 19.8 Å². The van der Waals surface area contributed by atoms with Gasteiger partial charge in [0.25, 0.3) is 0 Å². The van der Waals surface area contributed by atoms with E-state index in [1.165, 1.54) is 27.6 Å². The molecule has 3 aromatic rings. The molecule has 1 atom stereocenters. The Balaban J connectivity index is 1.51. The Kier molecular flexibility index (Phi) is 6.13. The van der Waals surface area contributed by atoms with Crippen LogP contribution < -0.4 is 15.4 Å². The van der Waals surface area contributed by atoms with Gasteiger partial charge in [-0.15, -0.1) is 0 Å². The summed E-state index contributed by atoms with van der Waals surface area (Å²) in [5.41, 5.74) is 3.84. The van der Waals surface area contributed by atoms with E-state index in [1.54, 1.807) is 7.11 Å². The summed E-state index contributed by atoms with van der Waals surface area (Å²) in [5.74, 6) is 0.912. The van der Waals surface area contributed by atoms with Gasteiger partial charge in [0, 0.05) is 17.1 Å². The normalized spacial score (nSPS) is 12.1. The van der Waals surface area contributed by atoms with E-state index < -0.39 is 0 Å². The number of anilines is 1. The molecular formula is C23H28N2O. The smallest absolute Gasteiger partial charge is 0.118 e. The fourth-order valence-corrected chi connectivity index (χ4v) is 3.21. The van der Waals surface area contributed by atoms with Crippen LogP contribution in [0.1, 0.15) is 24.5 Å². The first-order valence-electron chi connectivity index (χ1n) is 9.26. The van der Waals surface area contributed by atoms with Crippen molar-refractivity contribution in [1.29, 1.82) is 0 Å². The molecule has 0 heterocycles. The molecule has 2 N–H and O–H groups in total. The van der Waals surface area contributed by atoms with Gasteiger partial charge in [0.05, 0.1) is 13.8 Å². The van der Waals surface area contributed by atoms with Gasteiger partial charge in [-0.2, -0.15) is 0 Å². The molecule has 0 saturated carbocycles. The zero-order chi connectivity index (χ0) is 18.4. The molecule has 0 spiro atoms. The Labute approximate surface area is 156 Å². The molecule has 0 amide bonds. The number of benzene rings is 3. The molecule has 0 fully saturated rings. The van der Waals surface area contributed by atoms with E-state index in [9.17, 15) is 0 Å². The van der Waals surface area contributed by atoms with Crippen LogP contribution in [0.15, 0.2) is 60.7 Å². The third-order valence-electron chi connectivity index (χ3n) is 4.88. The summed E-state index contributed by atoms with van der Waals surface area (Å²) >= 11 is 0. The summed E-state index contributed by atoms with van der Waals surface area (Å²) in [6.07, 6.45) is 2.16. The van der Waals surface area contributed by atoms with Crippen LogP contribution in [0.5, 0.6) is 5.75 Å². The quantitative estimate of drug-likeness (QED) is 0.553. The number of nitrogens with one attached hydrogen (secondary N) is 2. The highest BCUT2D eigenvalue weighted by molar-refractivity contribution is 5.95. The highest BCUT2D eigenvalue weighted by Crippen LogP contribution is 2.26. The number of hydrogen-bond acceptors (Lipinski definition) is 3. The van der Waals surface area contributed by atoms with Crippen molar-refractivity contribution in [3.63, 3.8) is 0 Å². The first kappa shape index (κ1) is 18.3. The van der Waals surface area contributed by atoms with Gasteiger partial charge < -0.3 is 10.1 Å². The molecule has 26 heavy (non-hydrogen) atoms. The summed E-state index contributed by atoms with van der Waals surface area (Å²) in [6.45, 7) is 5.15. The minimum absolute atomic E-state index is 0.444. The van der Waals surface area contributed by atoms with E-state index in [0.717, 1.165) is 25.3 Å². The summed E-state index contributed by atoms with van der Waals surface area (Å²) in [7, 11) is 1.70. The van der Waals surface area contributed by atoms with E-state index in [0.29, 0.717) is 6.04 Å². The molecule has 0 aromatic heterocycles. The van der Waals surface area contributed by atoms with E-state index in [4.69, 9.17) is 4.74 Å². The fraction of sp³-hybridized carbons (Fsp3) is 0.304. The first-order chi connectivity index (χ1) is 12.7. The molecular weight excluding hydrogens is 320 g/mol. The van der Waals surface area contributed by atoms with Crippen molar-refractivity contribution in [3.05, 3.63) is 71.8 Å². The second-order valence-corrected chi connectivity index (χ2v) is 6.82. The third-order valence-corrected chi connectivity index (χ3v) is 4.88. The van der Waals surface area contributed by atoms with Gasteiger partial charge in [-0.3, -0.25) is 5.32 Å². The lowest BCUT2D eigenvalue weighted by Gasteiger charge is -2.17. The second kappa shape index (κ2) is 8.72. The lowest BCUT2D eigenvalue weighted by Crippen LogP contribution is -2.31. The molecule has 0 bridgehead atoms. The van der Waals surface area contributed by atoms with E-state index in [2.05, 4.69) is 73.0 Å². The van der Waals surface area contributed by atoms with Crippen molar-refractivity contribution in [3.8, 4) is 5.75 Å². The van der Waals surface area contributed by atoms with E-state index in [1.807, 2.05) is 12.1 Å². The molecule has 0 radical (unpaired) electrons. The number of aryl methyl sites for hydroxylation is 2. The standard InChI is InChI=1S/C23H28N2O/c1-17-8-13-20-6-4-5-7-22(20)23(17)25-16-24-18(2)9-10-19-11-14-21(26-3)15-12-19/h4-8,11-15,18,24-25H,9-10,16H2,1-3H3. The molecule has 136 valence electrons. The zero-order valence-corrected chi connectivity index (χ0v) is 15.9. The zero-order valence-electron chi connectivity index (χ0n) is 15.9. The Morgan fingerprint density at radius 3 is 2.50 bits per heavy atom. The maximum absolute atomic E-state index is 5.21. The lowest BCUT2D eigenvalue weighted by molar-refractivity contribution is 0.414. The predicted molar refractivity (Wildman–Crippen MR) is 111 cm³/mol. The number of methoxy groups -OCH3 is 1. The Hall–Kier alpha value is -2.52. The molecule has 3 nitrogen and oxygen atoms in total. The Morgan fingerprint density at radius 1 is 0.962 bits per heavy atom. The molecule has 0 aliphatic rings. The fourth-order valence-electron chi connectivity index (χ4n) is 3.21. The van der Waals surface area contributed by atoms with Gasteiger partial charge in [0.2, 0.25) is 0 Å². The summed E-state index contributed by atoms with van der Waals surface area (Å²) in [6, 6.07) is 21.7. The number of ether oxygens (including phenoxy) is 1. The Morgan fingerprint density at radius 2 is 1.73 bits per heavy atom. The topological polar surface area (TPSA) is 33.3 Å². The molecule has 0 aliphatic heterocycles. The number of fused-ring (bicyclic) bond motifs is 1. The molecule has 3 rings (SSSR count). The van der Waals surface area contributed by atoms with E-state index in [-0.39, 0.29) is 0 Å². The lowest BCUT2D eigenvalue weighted by atomic mass is 10.0. The van der Waals surface area contributed by atoms with Crippen molar-refractivity contribution >= 4 is 16.5 Å². The third kappa shape index (κ3) is 4.55. The largest absolute Gasteiger partial charge is 0.497 e. The molecule has 1 unspecified atom stereocenters. The summed E-state index contributed by atoms with van der Waals surface area (Å²) < 4.78 is 5.21. The second-order valence-electron chi connectivity index (χ2n) is 6.82. The van der Waals surface area contributed by atoms with Crippen LogP contribution in [0.2, 0.25) is 0 Å². The highest BCUT2D eigenvalue weighted by atomic mass is 16.5. The van der Waals surface area contributed by atoms with Crippen molar-refractivity contribution in [2.75, 3.05) is 19.1 Å². The van der Waals surface area contributed by atoms with Crippen LogP contribution in [0, 0.1) is 6.92 Å². The van der Waals surface area contributed by atoms with Crippen molar-refractivity contribution in [2.24, 2.45) is 0 Å². The van der Waals surface area contributed by atoms with Gasteiger partial charge in [-0.1, -0.05) is 48.5 Å². The number of hydrogen-bond donors (Lipinski definition) is 2. The van der Waals surface area contributed by atoms with Crippen molar-refractivity contribution < 1.29 is 4.74 Å². The van der Waals surface area contributed by atoms with Gasteiger partial charge in [-0.05, 0) is 55.3 Å². The van der Waals surface area contributed by atoms with Crippen molar-refractivity contribution in [2.45, 2.75) is 32.7 Å². The van der Waals surface area contributed by atoms with Gasteiger partial charge in [-0.25, -0.2) is 0 Å². The van der Waals surface area contributed by atoms with Crippen LogP contribution in [0.4, 0.5) is 5.69 Å². The molecule has 0 aliphatic carbocycles. The first-order valence-corrected chi connectivity index (χ1v) is 9.26. The summed E-state index contributed by atoms with van der Waals surface area (Å²) in [5, 5.41) is 9.70. The average Bonchev–Trinajstić information content (AvgIpc) is 2.68. The van der Waals surface area contributed by atoms with Gasteiger partial charge >= 0.3 is 0 Å². The summed E-state index contributed by atoms with van der Waals surface area (Å²) in [4.78, 5) is 0. The van der Waals surface area contributed by atoms with Crippen LogP contribution in [0.3, 0.4) is 0 Å². The predicted octanol–water partition coefficient (Wildman–Crippen LogP) is 5.14. The highest BCUT2D eigenvalue weighted by Gasteiger charge is 2.06. The van der Waals surface area contributed by atoms with Crippen LogP contribution in [-0.2, 0) is 6.42 Å². The minimum Gasteiger partial charge on any atom is -0.497 e. The minimum atomic E-state index is 0.444. The van der Waals surface area contributed by atoms with Crippen LogP contribution in [0.25, 0.3) is 10.8 Å². The van der Waals surface area contributed by atoms with E-state index >= 15 is 0 Å². The SMILES string of the molecule is COc1ccc(CCC(C)NCNc2c(C)ccc3ccccc23)cc1. The monoisotopic (exact) mass is 348 g/mol. The van der Waals surface area contributed by atoms with Gasteiger partial charge in [0.15, 0.2) is 0 Å².